The highest BCUT2D eigenvalue weighted by molar-refractivity contribution is 5.77. The van der Waals surface area contributed by atoms with Gasteiger partial charge in [-0.15, -0.1) is 0 Å². The maximum atomic E-state index is 12.3. The third kappa shape index (κ3) is 3.85. The molecule has 0 atom stereocenters. The number of halogens is 3. The molecule has 0 aromatic carbocycles. The van der Waals surface area contributed by atoms with Crippen LogP contribution >= 0.6 is 0 Å². The van der Waals surface area contributed by atoms with E-state index in [1.54, 1.807) is 4.90 Å². The molecule has 2 fully saturated rings. The third-order valence-electron chi connectivity index (χ3n) is 4.50. The van der Waals surface area contributed by atoms with Crippen molar-refractivity contribution in [1.82, 2.24) is 9.80 Å². The highest BCUT2D eigenvalue weighted by Gasteiger charge is 2.39. The van der Waals surface area contributed by atoms with E-state index in [0.717, 1.165) is 19.3 Å². The van der Waals surface area contributed by atoms with Gasteiger partial charge in [0.15, 0.2) is 0 Å². The molecule has 0 bridgehead atoms. The normalized spacial score (nSPS) is 23.5. The van der Waals surface area contributed by atoms with E-state index in [0.29, 0.717) is 39.1 Å². The average molecular weight is 293 g/mol. The maximum Gasteiger partial charge on any atom is 0.401 e. The topological polar surface area (TPSA) is 49.6 Å². The van der Waals surface area contributed by atoms with Crippen LogP contribution in [0, 0.1) is 5.41 Å². The quantitative estimate of drug-likeness (QED) is 0.847. The molecule has 0 unspecified atom stereocenters. The molecule has 7 heteroatoms. The molecule has 1 saturated heterocycles. The summed E-state index contributed by atoms with van der Waals surface area (Å²) in [7, 11) is 0. The van der Waals surface area contributed by atoms with Gasteiger partial charge in [0.1, 0.15) is 0 Å². The third-order valence-corrected chi connectivity index (χ3v) is 4.50. The second-order valence-corrected chi connectivity index (χ2v) is 6.01. The Labute approximate surface area is 117 Å². The van der Waals surface area contributed by atoms with Crippen molar-refractivity contribution in [2.24, 2.45) is 11.1 Å². The lowest BCUT2D eigenvalue weighted by Crippen LogP contribution is -2.52. The Balaban J connectivity index is 1.77. The minimum atomic E-state index is -4.16. The number of amides is 1. The Bertz CT molecular complexity index is 342. The summed E-state index contributed by atoms with van der Waals surface area (Å²) in [6.45, 7) is 0.988. The Kier molecular flexibility index (Phi) is 4.59. The van der Waals surface area contributed by atoms with Gasteiger partial charge in [-0.1, -0.05) is 6.42 Å². The number of carbonyl (C=O) groups excluding carboxylic acids is 1. The molecule has 1 amide bonds. The first-order valence-corrected chi connectivity index (χ1v) is 7.11. The van der Waals surface area contributed by atoms with Crippen molar-refractivity contribution in [1.29, 1.82) is 0 Å². The minimum Gasteiger partial charge on any atom is -0.340 e. The lowest BCUT2D eigenvalue weighted by Gasteiger charge is -2.42. The number of alkyl halides is 3. The molecule has 1 heterocycles. The minimum absolute atomic E-state index is 0.0415. The van der Waals surface area contributed by atoms with Crippen LogP contribution < -0.4 is 5.73 Å². The molecule has 2 N–H and O–H groups in total. The number of piperazine rings is 1. The van der Waals surface area contributed by atoms with Crippen LogP contribution in [-0.4, -0.2) is 61.2 Å². The first kappa shape index (κ1) is 15.6. The maximum absolute atomic E-state index is 12.3. The average Bonchev–Trinajstić information content (AvgIpc) is 2.32. The van der Waals surface area contributed by atoms with Gasteiger partial charge in [-0.2, -0.15) is 13.2 Å². The van der Waals surface area contributed by atoms with Crippen LogP contribution in [0.4, 0.5) is 13.2 Å². The van der Waals surface area contributed by atoms with Gasteiger partial charge in [-0.3, -0.25) is 9.69 Å². The molecule has 1 aliphatic heterocycles. The number of nitrogens with zero attached hydrogens (tertiary/aromatic N) is 2. The number of hydrogen-bond acceptors (Lipinski definition) is 3. The van der Waals surface area contributed by atoms with E-state index in [1.807, 2.05) is 0 Å². The summed E-state index contributed by atoms with van der Waals surface area (Å²) in [6.07, 6.45) is -0.624. The molecule has 2 rings (SSSR count). The Morgan fingerprint density at radius 1 is 1.15 bits per heavy atom. The van der Waals surface area contributed by atoms with Gasteiger partial charge in [0.05, 0.1) is 6.54 Å². The zero-order valence-electron chi connectivity index (χ0n) is 11.6. The molecule has 0 spiro atoms. The van der Waals surface area contributed by atoms with Crippen LogP contribution in [0.25, 0.3) is 0 Å². The Morgan fingerprint density at radius 2 is 1.75 bits per heavy atom. The summed E-state index contributed by atoms with van der Waals surface area (Å²) in [5.74, 6) is 0.0433. The second kappa shape index (κ2) is 5.89. The van der Waals surface area contributed by atoms with Crippen molar-refractivity contribution < 1.29 is 18.0 Å². The van der Waals surface area contributed by atoms with Crippen LogP contribution in [0.1, 0.15) is 25.7 Å². The summed E-state index contributed by atoms with van der Waals surface area (Å²) in [5.41, 5.74) is 5.69. The number of carbonyl (C=O) groups is 1. The van der Waals surface area contributed by atoms with E-state index in [1.165, 1.54) is 4.90 Å². The predicted molar refractivity (Wildman–Crippen MR) is 69.0 cm³/mol. The van der Waals surface area contributed by atoms with Gasteiger partial charge in [-0.25, -0.2) is 0 Å². The summed E-state index contributed by atoms with van der Waals surface area (Å²) >= 11 is 0. The number of hydrogen-bond donors (Lipinski definition) is 1. The molecule has 20 heavy (non-hydrogen) atoms. The second-order valence-electron chi connectivity index (χ2n) is 6.01. The van der Waals surface area contributed by atoms with Crippen molar-refractivity contribution >= 4 is 5.91 Å². The van der Waals surface area contributed by atoms with Crippen molar-refractivity contribution in [3.8, 4) is 0 Å². The molecular weight excluding hydrogens is 271 g/mol. The van der Waals surface area contributed by atoms with Gasteiger partial charge in [0.25, 0.3) is 0 Å². The van der Waals surface area contributed by atoms with Gasteiger partial charge in [-0.05, 0) is 24.8 Å². The van der Waals surface area contributed by atoms with Crippen LogP contribution in [0.3, 0.4) is 0 Å². The fourth-order valence-corrected chi connectivity index (χ4v) is 2.97. The van der Waals surface area contributed by atoms with Gasteiger partial charge in [0, 0.05) is 32.6 Å². The van der Waals surface area contributed by atoms with Crippen LogP contribution in [0.5, 0.6) is 0 Å². The standard InChI is InChI=1S/C13H22F3N3O/c14-13(15,16)10-18-4-6-19(7-5-18)11(20)8-12(9-17)2-1-3-12/h1-10,17H2. The summed E-state index contributed by atoms with van der Waals surface area (Å²) in [5, 5.41) is 0. The highest BCUT2D eigenvalue weighted by atomic mass is 19.4. The van der Waals surface area contributed by atoms with Crippen molar-refractivity contribution in [3.63, 3.8) is 0 Å². The van der Waals surface area contributed by atoms with E-state index < -0.39 is 12.7 Å². The molecule has 1 saturated carbocycles. The molecule has 0 aromatic rings. The van der Waals surface area contributed by atoms with Crippen molar-refractivity contribution in [2.45, 2.75) is 31.9 Å². The van der Waals surface area contributed by atoms with E-state index in [9.17, 15) is 18.0 Å². The Hall–Kier alpha value is -0.820. The van der Waals surface area contributed by atoms with E-state index in [-0.39, 0.29) is 11.3 Å². The van der Waals surface area contributed by atoms with E-state index in [2.05, 4.69) is 0 Å². The summed E-state index contributed by atoms with van der Waals surface area (Å²) < 4.78 is 36.8. The lowest BCUT2D eigenvalue weighted by molar-refractivity contribution is -0.152. The van der Waals surface area contributed by atoms with Gasteiger partial charge in [0.2, 0.25) is 5.91 Å². The molecule has 1 aliphatic carbocycles. The molecule has 2 aliphatic rings. The SMILES string of the molecule is NCC1(CC(=O)N2CCN(CC(F)(F)F)CC2)CCC1. The molecule has 4 nitrogen and oxygen atoms in total. The van der Waals surface area contributed by atoms with Gasteiger partial charge < -0.3 is 10.6 Å². The van der Waals surface area contributed by atoms with E-state index in [4.69, 9.17) is 5.73 Å². The van der Waals surface area contributed by atoms with Crippen LogP contribution in [0.15, 0.2) is 0 Å². The van der Waals surface area contributed by atoms with E-state index >= 15 is 0 Å². The Morgan fingerprint density at radius 3 is 2.15 bits per heavy atom. The molecule has 0 radical (unpaired) electrons. The largest absolute Gasteiger partial charge is 0.401 e. The van der Waals surface area contributed by atoms with Crippen molar-refractivity contribution in [2.75, 3.05) is 39.3 Å². The first-order chi connectivity index (χ1) is 9.34. The fraction of sp³-hybridized carbons (Fsp3) is 0.923. The zero-order chi connectivity index (χ0) is 14.8. The number of rotatable bonds is 4. The molecule has 0 aromatic heterocycles. The monoisotopic (exact) mass is 293 g/mol. The first-order valence-electron chi connectivity index (χ1n) is 7.11. The van der Waals surface area contributed by atoms with Crippen LogP contribution in [0.2, 0.25) is 0 Å². The summed E-state index contributed by atoms with van der Waals surface area (Å²) in [6, 6.07) is 0. The highest BCUT2D eigenvalue weighted by Crippen LogP contribution is 2.43. The molecule has 116 valence electrons. The predicted octanol–water partition coefficient (Wildman–Crippen LogP) is 1.21. The number of nitrogens with two attached hydrogens (primary N) is 1. The summed E-state index contributed by atoms with van der Waals surface area (Å²) in [4.78, 5) is 15.2. The fourth-order valence-electron chi connectivity index (χ4n) is 2.97. The van der Waals surface area contributed by atoms with Crippen molar-refractivity contribution in [3.05, 3.63) is 0 Å². The van der Waals surface area contributed by atoms with Crippen LogP contribution in [-0.2, 0) is 4.79 Å². The smallest absolute Gasteiger partial charge is 0.340 e. The molecular formula is C13H22F3N3O. The van der Waals surface area contributed by atoms with Gasteiger partial charge >= 0.3 is 6.18 Å². The zero-order valence-corrected chi connectivity index (χ0v) is 11.6. The lowest BCUT2D eigenvalue weighted by atomic mass is 9.66.